The zero-order valence-electron chi connectivity index (χ0n) is 18.9. The number of anilines is 2. The standard InChI is InChI=1S/C25H22F4N4O2/c1-13-18-5-3-14(24(34)31-11-19-21(28)9-16(26)10-22(19)29)8-23(18)33(25(35)32(13)2)12-15-7-17(30)4-6-20(15)27/h3-10,13H,11-12,30H2,1-2H3,(H,31,34)/t13-/m0/s1. The van der Waals surface area contributed by atoms with E-state index in [2.05, 4.69) is 5.32 Å². The van der Waals surface area contributed by atoms with Crippen LogP contribution in [-0.4, -0.2) is 23.9 Å². The van der Waals surface area contributed by atoms with E-state index in [4.69, 9.17) is 5.73 Å². The molecular weight excluding hydrogens is 464 g/mol. The summed E-state index contributed by atoms with van der Waals surface area (Å²) >= 11 is 0. The van der Waals surface area contributed by atoms with Gasteiger partial charge in [-0.25, -0.2) is 22.4 Å². The monoisotopic (exact) mass is 486 g/mol. The molecule has 0 unspecified atom stereocenters. The molecule has 3 N–H and O–H groups in total. The Bertz CT molecular complexity index is 1310. The molecule has 0 aromatic heterocycles. The first-order valence-electron chi connectivity index (χ1n) is 10.7. The van der Waals surface area contributed by atoms with E-state index in [1.54, 1.807) is 13.1 Å². The summed E-state index contributed by atoms with van der Waals surface area (Å²) in [6, 6.07) is 9.04. The summed E-state index contributed by atoms with van der Waals surface area (Å²) in [5.41, 5.74) is 7.07. The molecular formula is C25H22F4N4O2. The van der Waals surface area contributed by atoms with Gasteiger partial charge in [-0.15, -0.1) is 0 Å². The van der Waals surface area contributed by atoms with Gasteiger partial charge in [0.2, 0.25) is 0 Å². The van der Waals surface area contributed by atoms with Crippen molar-refractivity contribution in [2.24, 2.45) is 0 Å². The lowest BCUT2D eigenvalue weighted by atomic mass is 9.98. The molecule has 35 heavy (non-hydrogen) atoms. The van der Waals surface area contributed by atoms with Crippen molar-refractivity contribution in [2.75, 3.05) is 17.7 Å². The van der Waals surface area contributed by atoms with Crippen LogP contribution in [0.5, 0.6) is 0 Å². The molecule has 1 aliphatic heterocycles. The summed E-state index contributed by atoms with van der Waals surface area (Å²) in [6.45, 7) is 1.18. The van der Waals surface area contributed by atoms with Crippen LogP contribution in [0.15, 0.2) is 48.5 Å². The van der Waals surface area contributed by atoms with Gasteiger partial charge in [0.25, 0.3) is 5.91 Å². The number of halogens is 4. The van der Waals surface area contributed by atoms with Gasteiger partial charge in [0.1, 0.15) is 23.3 Å². The number of nitrogens with one attached hydrogen (secondary N) is 1. The molecule has 0 aliphatic carbocycles. The zero-order chi connectivity index (χ0) is 25.4. The van der Waals surface area contributed by atoms with Crippen LogP contribution in [0, 0.1) is 23.3 Å². The van der Waals surface area contributed by atoms with Crippen LogP contribution in [0.4, 0.5) is 33.7 Å². The van der Waals surface area contributed by atoms with Crippen LogP contribution >= 0.6 is 0 Å². The number of nitrogen functional groups attached to an aromatic ring is 1. The van der Waals surface area contributed by atoms with Crippen LogP contribution in [0.25, 0.3) is 0 Å². The normalized spacial score (nSPS) is 15.3. The van der Waals surface area contributed by atoms with Gasteiger partial charge in [0.05, 0.1) is 18.3 Å². The summed E-state index contributed by atoms with van der Waals surface area (Å²) in [5, 5.41) is 2.40. The molecule has 4 rings (SSSR count). The van der Waals surface area contributed by atoms with E-state index in [1.165, 1.54) is 40.1 Å². The third-order valence-electron chi connectivity index (χ3n) is 6.08. The third-order valence-corrected chi connectivity index (χ3v) is 6.08. The molecule has 10 heteroatoms. The van der Waals surface area contributed by atoms with Crippen LogP contribution in [0.1, 0.15) is 40.0 Å². The first-order valence-corrected chi connectivity index (χ1v) is 10.7. The van der Waals surface area contributed by atoms with Gasteiger partial charge in [-0.3, -0.25) is 9.69 Å². The van der Waals surface area contributed by atoms with Crippen molar-refractivity contribution in [3.63, 3.8) is 0 Å². The van der Waals surface area contributed by atoms with Gasteiger partial charge < -0.3 is 16.0 Å². The van der Waals surface area contributed by atoms with Gasteiger partial charge in [-0.05, 0) is 42.8 Å². The number of rotatable bonds is 5. The van der Waals surface area contributed by atoms with Crippen molar-refractivity contribution in [3.05, 3.63) is 94.1 Å². The molecule has 3 aromatic carbocycles. The summed E-state index contributed by atoms with van der Waals surface area (Å²) in [4.78, 5) is 28.7. The molecule has 0 saturated carbocycles. The highest BCUT2D eigenvalue weighted by atomic mass is 19.1. The minimum absolute atomic E-state index is 0.120. The Hall–Kier alpha value is -4.08. The van der Waals surface area contributed by atoms with Crippen LogP contribution in [0.3, 0.4) is 0 Å². The topological polar surface area (TPSA) is 78.7 Å². The summed E-state index contributed by atoms with van der Waals surface area (Å²) < 4.78 is 55.4. The van der Waals surface area contributed by atoms with Crippen molar-refractivity contribution in [3.8, 4) is 0 Å². The molecule has 0 bridgehead atoms. The quantitative estimate of drug-likeness (QED) is 0.398. The lowest BCUT2D eigenvalue weighted by Gasteiger charge is -2.39. The first-order chi connectivity index (χ1) is 16.6. The molecule has 1 aliphatic rings. The van der Waals surface area contributed by atoms with E-state index in [0.29, 0.717) is 23.5 Å². The maximum absolute atomic E-state index is 14.4. The number of fused-ring (bicyclic) bond motifs is 1. The maximum Gasteiger partial charge on any atom is 0.325 e. The highest BCUT2D eigenvalue weighted by Gasteiger charge is 2.34. The van der Waals surface area contributed by atoms with Gasteiger partial charge in [-0.1, -0.05) is 6.07 Å². The van der Waals surface area contributed by atoms with Crippen LogP contribution < -0.4 is 16.0 Å². The zero-order valence-corrected chi connectivity index (χ0v) is 18.9. The molecule has 1 heterocycles. The fourth-order valence-corrected chi connectivity index (χ4v) is 3.99. The second-order valence-corrected chi connectivity index (χ2v) is 8.31. The number of nitrogens with zero attached hydrogens (tertiary/aromatic N) is 2. The Morgan fingerprint density at radius 1 is 1.00 bits per heavy atom. The van der Waals surface area contributed by atoms with Gasteiger partial charge >= 0.3 is 6.03 Å². The molecule has 6 nitrogen and oxygen atoms in total. The summed E-state index contributed by atoms with van der Waals surface area (Å²) in [5.74, 6) is -4.50. The molecule has 182 valence electrons. The van der Waals surface area contributed by atoms with E-state index < -0.39 is 47.3 Å². The van der Waals surface area contributed by atoms with Gasteiger partial charge in [-0.2, -0.15) is 0 Å². The van der Waals surface area contributed by atoms with E-state index in [0.717, 1.165) is 5.56 Å². The Morgan fingerprint density at radius 2 is 1.69 bits per heavy atom. The minimum atomic E-state index is -1.12. The Labute approximate surface area is 198 Å². The lowest BCUT2D eigenvalue weighted by molar-refractivity contribution is 0.0950. The largest absolute Gasteiger partial charge is 0.399 e. The Kier molecular flexibility index (Phi) is 6.38. The molecule has 1 atom stereocenters. The van der Waals surface area contributed by atoms with Crippen LogP contribution in [-0.2, 0) is 13.1 Å². The lowest BCUT2D eigenvalue weighted by Crippen LogP contribution is -2.46. The molecule has 0 fully saturated rings. The number of amides is 3. The Morgan fingerprint density at radius 3 is 2.37 bits per heavy atom. The first kappa shape index (κ1) is 24.1. The minimum Gasteiger partial charge on any atom is -0.399 e. The highest BCUT2D eigenvalue weighted by Crippen LogP contribution is 2.37. The molecule has 0 radical (unpaired) electrons. The SMILES string of the molecule is C[C@H]1c2ccc(C(=O)NCc3c(F)cc(F)cc3F)cc2N(Cc2cc(N)ccc2F)C(=O)N1C. The van der Waals surface area contributed by atoms with Crippen molar-refractivity contribution in [1.82, 2.24) is 10.2 Å². The number of hydrogen-bond donors (Lipinski definition) is 2. The number of urea groups is 1. The van der Waals surface area contributed by atoms with Crippen molar-refractivity contribution >= 4 is 23.3 Å². The molecule has 3 aromatic rings. The van der Waals surface area contributed by atoms with E-state index in [9.17, 15) is 27.2 Å². The van der Waals surface area contributed by atoms with Gasteiger partial charge in [0.15, 0.2) is 0 Å². The van der Waals surface area contributed by atoms with Gasteiger partial charge in [0, 0.05) is 48.1 Å². The van der Waals surface area contributed by atoms with Crippen molar-refractivity contribution in [1.29, 1.82) is 0 Å². The predicted octanol–water partition coefficient (Wildman–Crippen LogP) is 4.89. The fraction of sp³-hybridized carbons (Fsp3) is 0.200. The maximum atomic E-state index is 14.4. The molecule has 3 amide bonds. The molecule has 0 spiro atoms. The summed E-state index contributed by atoms with van der Waals surface area (Å²) in [7, 11) is 1.62. The average molecular weight is 486 g/mol. The number of carbonyl (C=O) groups is 2. The van der Waals surface area contributed by atoms with Crippen molar-refractivity contribution in [2.45, 2.75) is 26.1 Å². The average Bonchev–Trinajstić information content (AvgIpc) is 2.81. The fourth-order valence-electron chi connectivity index (χ4n) is 3.99. The highest BCUT2D eigenvalue weighted by molar-refractivity contribution is 5.99. The smallest absolute Gasteiger partial charge is 0.325 e. The van der Waals surface area contributed by atoms with E-state index in [-0.39, 0.29) is 23.7 Å². The van der Waals surface area contributed by atoms with Crippen LogP contribution in [0.2, 0.25) is 0 Å². The Balaban J connectivity index is 1.64. The number of carbonyl (C=O) groups excluding carboxylic acids is 2. The third kappa shape index (κ3) is 4.64. The van der Waals surface area contributed by atoms with Crippen molar-refractivity contribution < 1.29 is 27.2 Å². The number of benzene rings is 3. The molecule has 0 saturated heterocycles. The second kappa shape index (κ2) is 9.28. The van der Waals surface area contributed by atoms with E-state index >= 15 is 0 Å². The summed E-state index contributed by atoms with van der Waals surface area (Å²) in [6.07, 6.45) is 0. The second-order valence-electron chi connectivity index (χ2n) is 8.31. The number of nitrogens with two attached hydrogens (primary N) is 1. The predicted molar refractivity (Wildman–Crippen MR) is 122 cm³/mol. The van der Waals surface area contributed by atoms with E-state index in [1.807, 2.05) is 6.92 Å². The number of hydrogen-bond acceptors (Lipinski definition) is 3.